The first-order valence-electron chi connectivity index (χ1n) is 5.33. The first-order valence-corrected chi connectivity index (χ1v) is 5.33. The fourth-order valence-corrected chi connectivity index (χ4v) is 1.95. The third-order valence-electron chi connectivity index (χ3n) is 2.67. The minimum absolute atomic E-state index is 0.423. The summed E-state index contributed by atoms with van der Waals surface area (Å²) in [7, 11) is 0. The SMILES string of the molecule is Cc1nc2ccc(-c3nc(N)[nH]c3C)cc2o1. The van der Waals surface area contributed by atoms with Gasteiger partial charge in [-0.3, -0.25) is 0 Å². The number of H-pyrrole nitrogens is 1. The Morgan fingerprint density at radius 3 is 2.76 bits per heavy atom. The van der Waals surface area contributed by atoms with Gasteiger partial charge in [-0.15, -0.1) is 0 Å². The fourth-order valence-electron chi connectivity index (χ4n) is 1.95. The number of fused-ring (bicyclic) bond motifs is 1. The van der Waals surface area contributed by atoms with E-state index in [9.17, 15) is 0 Å². The summed E-state index contributed by atoms with van der Waals surface area (Å²) in [5.74, 6) is 1.08. The monoisotopic (exact) mass is 228 g/mol. The second-order valence-electron chi connectivity index (χ2n) is 4.01. The molecule has 0 radical (unpaired) electrons. The summed E-state index contributed by atoms with van der Waals surface area (Å²) in [6.45, 7) is 3.77. The summed E-state index contributed by atoms with van der Waals surface area (Å²) < 4.78 is 5.50. The number of benzene rings is 1. The van der Waals surface area contributed by atoms with Crippen molar-refractivity contribution in [1.29, 1.82) is 0 Å². The topological polar surface area (TPSA) is 80.7 Å². The molecule has 5 heteroatoms. The average molecular weight is 228 g/mol. The second kappa shape index (κ2) is 3.35. The molecular weight excluding hydrogens is 216 g/mol. The average Bonchev–Trinajstić information content (AvgIpc) is 2.78. The highest BCUT2D eigenvalue weighted by atomic mass is 16.3. The number of nitrogen functional groups attached to an aromatic ring is 1. The molecule has 17 heavy (non-hydrogen) atoms. The Hall–Kier alpha value is -2.30. The summed E-state index contributed by atoms with van der Waals surface area (Å²) in [5, 5.41) is 0. The predicted octanol–water partition coefficient (Wildman–Crippen LogP) is 2.42. The number of nitrogens with two attached hydrogens (primary N) is 1. The molecule has 5 nitrogen and oxygen atoms in total. The lowest BCUT2D eigenvalue weighted by Gasteiger charge is -1.97. The molecule has 2 aromatic heterocycles. The highest BCUT2D eigenvalue weighted by molar-refractivity contribution is 5.80. The molecule has 2 heterocycles. The van der Waals surface area contributed by atoms with Crippen molar-refractivity contribution in [3.05, 3.63) is 29.8 Å². The third-order valence-corrected chi connectivity index (χ3v) is 2.67. The van der Waals surface area contributed by atoms with Gasteiger partial charge in [0.05, 0.1) is 5.69 Å². The van der Waals surface area contributed by atoms with Crippen molar-refractivity contribution >= 4 is 17.0 Å². The van der Waals surface area contributed by atoms with Gasteiger partial charge in [-0.2, -0.15) is 0 Å². The Balaban J connectivity index is 2.20. The Kier molecular flexibility index (Phi) is 1.95. The molecule has 0 aliphatic heterocycles. The van der Waals surface area contributed by atoms with E-state index in [-0.39, 0.29) is 0 Å². The van der Waals surface area contributed by atoms with Crippen LogP contribution in [0, 0.1) is 13.8 Å². The lowest BCUT2D eigenvalue weighted by atomic mass is 10.1. The van der Waals surface area contributed by atoms with E-state index in [1.807, 2.05) is 32.0 Å². The molecule has 0 fully saturated rings. The van der Waals surface area contributed by atoms with Crippen molar-refractivity contribution in [3.8, 4) is 11.3 Å². The van der Waals surface area contributed by atoms with Crippen molar-refractivity contribution in [2.45, 2.75) is 13.8 Å². The van der Waals surface area contributed by atoms with E-state index < -0.39 is 0 Å². The number of hydrogen-bond acceptors (Lipinski definition) is 4. The zero-order valence-corrected chi connectivity index (χ0v) is 9.61. The zero-order valence-electron chi connectivity index (χ0n) is 9.61. The number of nitrogens with zero attached hydrogens (tertiary/aromatic N) is 2. The number of imidazole rings is 1. The molecule has 0 saturated heterocycles. The number of nitrogens with one attached hydrogen (secondary N) is 1. The van der Waals surface area contributed by atoms with E-state index in [2.05, 4.69) is 15.0 Å². The predicted molar refractivity (Wildman–Crippen MR) is 65.5 cm³/mol. The van der Waals surface area contributed by atoms with Gasteiger partial charge in [0, 0.05) is 18.2 Å². The van der Waals surface area contributed by atoms with Crippen LogP contribution < -0.4 is 5.73 Å². The molecule has 1 aromatic carbocycles. The van der Waals surface area contributed by atoms with E-state index in [0.717, 1.165) is 28.1 Å². The van der Waals surface area contributed by atoms with Gasteiger partial charge in [0.15, 0.2) is 17.4 Å². The number of aryl methyl sites for hydroxylation is 2. The van der Waals surface area contributed by atoms with E-state index in [4.69, 9.17) is 10.2 Å². The molecule has 3 N–H and O–H groups in total. The van der Waals surface area contributed by atoms with Gasteiger partial charge in [-0.05, 0) is 19.1 Å². The normalized spacial score (nSPS) is 11.2. The number of hydrogen-bond donors (Lipinski definition) is 2. The van der Waals surface area contributed by atoms with Crippen LogP contribution in [-0.2, 0) is 0 Å². The van der Waals surface area contributed by atoms with Crippen molar-refractivity contribution in [2.24, 2.45) is 0 Å². The van der Waals surface area contributed by atoms with Gasteiger partial charge >= 0.3 is 0 Å². The van der Waals surface area contributed by atoms with Crippen LogP contribution in [0.1, 0.15) is 11.6 Å². The zero-order chi connectivity index (χ0) is 12.0. The smallest absolute Gasteiger partial charge is 0.198 e. The molecule has 0 spiro atoms. The molecule has 3 rings (SSSR count). The molecule has 0 bridgehead atoms. The van der Waals surface area contributed by atoms with Gasteiger partial charge in [-0.25, -0.2) is 9.97 Å². The third kappa shape index (κ3) is 1.56. The molecule has 0 aliphatic rings. The number of aromatic nitrogens is 3. The maximum absolute atomic E-state index is 5.63. The highest BCUT2D eigenvalue weighted by Gasteiger charge is 2.10. The van der Waals surface area contributed by atoms with E-state index in [1.54, 1.807) is 0 Å². The molecule has 0 amide bonds. The van der Waals surface area contributed by atoms with Crippen LogP contribution in [0.2, 0.25) is 0 Å². The molecule has 86 valence electrons. The summed E-state index contributed by atoms with van der Waals surface area (Å²) in [6.07, 6.45) is 0. The Morgan fingerprint density at radius 1 is 1.24 bits per heavy atom. The fraction of sp³-hybridized carbons (Fsp3) is 0.167. The van der Waals surface area contributed by atoms with Crippen LogP contribution in [0.4, 0.5) is 5.95 Å². The minimum Gasteiger partial charge on any atom is -0.441 e. The summed E-state index contributed by atoms with van der Waals surface area (Å²) in [6, 6.07) is 5.82. The standard InChI is InChI=1S/C12H12N4O/c1-6-11(16-12(13)14-6)8-3-4-9-10(5-8)17-7(2)15-9/h3-5H,1-2H3,(H3,13,14,16). The summed E-state index contributed by atoms with van der Waals surface area (Å²) >= 11 is 0. The summed E-state index contributed by atoms with van der Waals surface area (Å²) in [5.41, 5.74) is 10.0. The van der Waals surface area contributed by atoms with Crippen LogP contribution in [0.15, 0.2) is 22.6 Å². The van der Waals surface area contributed by atoms with Gasteiger partial charge in [0.25, 0.3) is 0 Å². The van der Waals surface area contributed by atoms with E-state index in [0.29, 0.717) is 11.8 Å². The Bertz CT molecular complexity index is 696. The highest BCUT2D eigenvalue weighted by Crippen LogP contribution is 2.26. The van der Waals surface area contributed by atoms with E-state index >= 15 is 0 Å². The van der Waals surface area contributed by atoms with Gasteiger partial charge in [0.1, 0.15) is 5.52 Å². The summed E-state index contributed by atoms with van der Waals surface area (Å²) in [4.78, 5) is 11.5. The maximum Gasteiger partial charge on any atom is 0.198 e. The van der Waals surface area contributed by atoms with Gasteiger partial charge in [0.2, 0.25) is 0 Å². The Morgan fingerprint density at radius 2 is 2.06 bits per heavy atom. The van der Waals surface area contributed by atoms with Crippen LogP contribution >= 0.6 is 0 Å². The molecule has 0 saturated carbocycles. The number of anilines is 1. The molecule has 0 unspecified atom stereocenters. The van der Waals surface area contributed by atoms with Crippen LogP contribution in [0.25, 0.3) is 22.4 Å². The minimum atomic E-state index is 0.423. The maximum atomic E-state index is 5.63. The van der Waals surface area contributed by atoms with Gasteiger partial charge in [-0.1, -0.05) is 6.07 Å². The molecule has 3 aromatic rings. The van der Waals surface area contributed by atoms with Crippen molar-refractivity contribution < 1.29 is 4.42 Å². The van der Waals surface area contributed by atoms with Crippen molar-refractivity contribution in [1.82, 2.24) is 15.0 Å². The van der Waals surface area contributed by atoms with Crippen LogP contribution in [-0.4, -0.2) is 15.0 Å². The first-order chi connectivity index (χ1) is 8.13. The molecular formula is C12H12N4O. The molecule has 0 aliphatic carbocycles. The lowest BCUT2D eigenvalue weighted by Crippen LogP contribution is -1.85. The Labute approximate surface area is 97.7 Å². The van der Waals surface area contributed by atoms with E-state index in [1.165, 1.54) is 0 Å². The number of aromatic amines is 1. The number of oxazole rings is 1. The van der Waals surface area contributed by atoms with Gasteiger partial charge < -0.3 is 15.1 Å². The van der Waals surface area contributed by atoms with Crippen molar-refractivity contribution in [3.63, 3.8) is 0 Å². The quantitative estimate of drug-likeness (QED) is 0.670. The molecule has 0 atom stereocenters. The van der Waals surface area contributed by atoms with Crippen LogP contribution in [0.5, 0.6) is 0 Å². The largest absolute Gasteiger partial charge is 0.441 e. The lowest BCUT2D eigenvalue weighted by molar-refractivity contribution is 0.561. The number of rotatable bonds is 1. The second-order valence-corrected chi connectivity index (χ2v) is 4.01. The van der Waals surface area contributed by atoms with Crippen LogP contribution in [0.3, 0.4) is 0 Å². The van der Waals surface area contributed by atoms with Crippen molar-refractivity contribution in [2.75, 3.05) is 5.73 Å². The first kappa shape index (κ1) is 9.89.